The maximum absolute atomic E-state index is 12.7. The molecule has 2 aromatic rings. The Labute approximate surface area is 189 Å². The van der Waals surface area contributed by atoms with Gasteiger partial charge in [-0.05, 0) is 49.9 Å². The van der Waals surface area contributed by atoms with Gasteiger partial charge in [0.15, 0.2) is 5.16 Å². The first-order valence-electron chi connectivity index (χ1n) is 11.4. The van der Waals surface area contributed by atoms with Crippen LogP contribution in [0.1, 0.15) is 43.2 Å². The van der Waals surface area contributed by atoms with E-state index in [-0.39, 0.29) is 11.4 Å². The molecule has 1 saturated heterocycles. The number of rotatable bonds is 7. The molecule has 0 unspecified atom stereocenters. The quantitative estimate of drug-likeness (QED) is 0.662. The minimum Gasteiger partial charge on any atom is -0.379 e. The predicted octanol–water partition coefficient (Wildman–Crippen LogP) is 3.73. The summed E-state index contributed by atoms with van der Waals surface area (Å²) in [5.41, 5.74) is 3.70. The van der Waals surface area contributed by atoms with Crippen molar-refractivity contribution in [1.29, 1.82) is 0 Å². The molecule has 6 nitrogen and oxygen atoms in total. The molecule has 7 heteroatoms. The fourth-order valence-electron chi connectivity index (χ4n) is 4.77. The summed E-state index contributed by atoms with van der Waals surface area (Å²) in [6, 6.07) is 6.39. The first kappa shape index (κ1) is 22.4. The zero-order valence-electron chi connectivity index (χ0n) is 18.7. The van der Waals surface area contributed by atoms with Crippen LogP contribution in [-0.4, -0.2) is 64.5 Å². The lowest BCUT2D eigenvalue weighted by atomic mass is 9.79. The highest BCUT2D eigenvalue weighted by Gasteiger charge is 2.38. The molecule has 2 heterocycles. The molecule has 2 aliphatic rings. The summed E-state index contributed by atoms with van der Waals surface area (Å²) in [5, 5.41) is 4.10. The number of thioether (sulfide) groups is 1. The standard InChI is InChI=1S/C24H34N4O2S/c1-19-6-7-21(16-20(19)2)28-11-10-25-23(28)31-17-22(29)26-18-24(8-4-3-5-9-24)27-12-14-30-15-13-27/h6-7,10-11,16H,3-5,8-9,12-15,17-18H2,1-2H3,(H,26,29). The molecule has 2 fully saturated rings. The Balaban J connectivity index is 1.35. The van der Waals surface area contributed by atoms with E-state index >= 15 is 0 Å². The SMILES string of the molecule is Cc1ccc(-n2ccnc2SCC(=O)NCC2(N3CCOCC3)CCCCC2)cc1C. The monoisotopic (exact) mass is 442 g/mol. The molecule has 0 atom stereocenters. The normalized spacial score (nSPS) is 19.3. The topological polar surface area (TPSA) is 59.4 Å². The van der Waals surface area contributed by atoms with Gasteiger partial charge in [0.25, 0.3) is 0 Å². The van der Waals surface area contributed by atoms with Crippen molar-refractivity contribution < 1.29 is 9.53 Å². The fraction of sp³-hybridized carbons (Fsp3) is 0.583. The summed E-state index contributed by atoms with van der Waals surface area (Å²) < 4.78 is 7.62. The minimum atomic E-state index is 0.0813. The Kier molecular flexibility index (Phi) is 7.35. The van der Waals surface area contributed by atoms with E-state index < -0.39 is 0 Å². The molecule has 4 rings (SSSR count). The van der Waals surface area contributed by atoms with Crippen LogP contribution in [-0.2, 0) is 9.53 Å². The molecule has 1 saturated carbocycles. The Morgan fingerprint density at radius 2 is 1.94 bits per heavy atom. The van der Waals surface area contributed by atoms with Crippen LogP contribution in [0.15, 0.2) is 35.7 Å². The molecular weight excluding hydrogens is 408 g/mol. The highest BCUT2D eigenvalue weighted by molar-refractivity contribution is 7.99. The molecule has 0 radical (unpaired) electrons. The highest BCUT2D eigenvalue weighted by Crippen LogP contribution is 2.34. The van der Waals surface area contributed by atoms with E-state index in [2.05, 4.69) is 51.8 Å². The van der Waals surface area contributed by atoms with Gasteiger partial charge in [-0.2, -0.15) is 0 Å². The van der Waals surface area contributed by atoms with Gasteiger partial charge >= 0.3 is 0 Å². The molecule has 1 aliphatic heterocycles. The third kappa shape index (κ3) is 5.33. The van der Waals surface area contributed by atoms with Gasteiger partial charge in [0.2, 0.25) is 5.91 Å². The van der Waals surface area contributed by atoms with Crippen molar-refractivity contribution in [2.45, 2.75) is 56.6 Å². The van der Waals surface area contributed by atoms with Crippen molar-refractivity contribution >= 4 is 17.7 Å². The first-order chi connectivity index (χ1) is 15.1. The van der Waals surface area contributed by atoms with Gasteiger partial charge in [-0.15, -0.1) is 0 Å². The van der Waals surface area contributed by atoms with Crippen molar-refractivity contribution in [1.82, 2.24) is 19.8 Å². The number of nitrogens with one attached hydrogen (secondary N) is 1. The summed E-state index contributed by atoms with van der Waals surface area (Å²) in [5.74, 6) is 0.457. The molecule has 168 valence electrons. The largest absolute Gasteiger partial charge is 0.379 e. The van der Waals surface area contributed by atoms with E-state index in [1.54, 1.807) is 6.20 Å². The molecule has 1 aliphatic carbocycles. The first-order valence-corrected chi connectivity index (χ1v) is 12.4. The molecule has 0 bridgehead atoms. The summed E-state index contributed by atoms with van der Waals surface area (Å²) in [6.45, 7) is 8.50. The number of aryl methyl sites for hydroxylation is 2. The number of morpholine rings is 1. The average molecular weight is 443 g/mol. The van der Waals surface area contributed by atoms with Gasteiger partial charge in [0, 0.05) is 43.3 Å². The van der Waals surface area contributed by atoms with E-state index in [9.17, 15) is 4.79 Å². The summed E-state index contributed by atoms with van der Waals surface area (Å²) >= 11 is 1.49. The number of imidazole rings is 1. The van der Waals surface area contributed by atoms with Crippen LogP contribution in [0.4, 0.5) is 0 Å². The fourth-order valence-corrected chi connectivity index (χ4v) is 5.57. The zero-order valence-corrected chi connectivity index (χ0v) is 19.5. The zero-order chi connectivity index (χ0) is 21.7. The molecule has 1 N–H and O–H groups in total. The van der Waals surface area contributed by atoms with Crippen molar-refractivity contribution in [3.05, 3.63) is 41.7 Å². The average Bonchev–Trinajstić information content (AvgIpc) is 3.28. The highest BCUT2D eigenvalue weighted by atomic mass is 32.2. The lowest BCUT2D eigenvalue weighted by Crippen LogP contribution is -2.59. The van der Waals surface area contributed by atoms with Crippen LogP contribution in [0, 0.1) is 13.8 Å². The molecule has 1 aromatic carbocycles. The van der Waals surface area contributed by atoms with Crippen molar-refractivity contribution in [2.75, 3.05) is 38.6 Å². The van der Waals surface area contributed by atoms with Gasteiger partial charge < -0.3 is 10.1 Å². The Bertz CT molecular complexity index is 885. The third-order valence-electron chi connectivity index (χ3n) is 6.79. The number of hydrogen-bond acceptors (Lipinski definition) is 5. The second-order valence-electron chi connectivity index (χ2n) is 8.80. The van der Waals surface area contributed by atoms with Crippen LogP contribution in [0.25, 0.3) is 5.69 Å². The predicted molar refractivity (Wildman–Crippen MR) is 125 cm³/mol. The molecule has 1 aromatic heterocycles. The van der Waals surface area contributed by atoms with Crippen molar-refractivity contribution in [3.63, 3.8) is 0 Å². The molecular formula is C24H34N4O2S. The van der Waals surface area contributed by atoms with E-state index in [1.807, 2.05) is 6.20 Å². The number of nitrogens with zero attached hydrogens (tertiary/aromatic N) is 3. The van der Waals surface area contributed by atoms with Crippen molar-refractivity contribution in [3.8, 4) is 5.69 Å². The van der Waals surface area contributed by atoms with Gasteiger partial charge in [-0.3, -0.25) is 14.3 Å². The second-order valence-corrected chi connectivity index (χ2v) is 9.74. The summed E-state index contributed by atoms with van der Waals surface area (Å²) in [4.78, 5) is 19.8. The number of carbonyl (C=O) groups is 1. The lowest BCUT2D eigenvalue weighted by Gasteiger charge is -2.48. The Morgan fingerprint density at radius 3 is 2.68 bits per heavy atom. The molecule has 1 amide bonds. The van der Waals surface area contributed by atoms with E-state index in [4.69, 9.17) is 4.74 Å². The molecule has 31 heavy (non-hydrogen) atoms. The van der Waals surface area contributed by atoms with Crippen LogP contribution < -0.4 is 5.32 Å². The smallest absolute Gasteiger partial charge is 0.230 e. The number of aromatic nitrogens is 2. The van der Waals surface area contributed by atoms with Crippen LogP contribution in [0.2, 0.25) is 0 Å². The van der Waals surface area contributed by atoms with E-state index in [0.717, 1.165) is 56.5 Å². The van der Waals surface area contributed by atoms with Gasteiger partial charge in [0.05, 0.1) is 19.0 Å². The van der Waals surface area contributed by atoms with E-state index in [0.29, 0.717) is 5.75 Å². The summed E-state index contributed by atoms with van der Waals surface area (Å²) in [7, 11) is 0. The Morgan fingerprint density at radius 1 is 1.16 bits per heavy atom. The van der Waals surface area contributed by atoms with Crippen LogP contribution in [0.3, 0.4) is 0 Å². The van der Waals surface area contributed by atoms with Gasteiger partial charge in [0.1, 0.15) is 0 Å². The molecule has 0 spiro atoms. The summed E-state index contributed by atoms with van der Waals surface area (Å²) in [6.07, 6.45) is 9.88. The number of amides is 1. The van der Waals surface area contributed by atoms with Gasteiger partial charge in [-0.25, -0.2) is 4.98 Å². The minimum absolute atomic E-state index is 0.0813. The number of carbonyl (C=O) groups excluding carboxylic acids is 1. The maximum Gasteiger partial charge on any atom is 0.230 e. The van der Waals surface area contributed by atoms with Gasteiger partial charge in [-0.1, -0.05) is 37.1 Å². The lowest BCUT2D eigenvalue weighted by molar-refractivity contribution is -0.119. The maximum atomic E-state index is 12.7. The Hall–Kier alpha value is -1.83. The number of ether oxygens (including phenoxy) is 1. The second kappa shape index (κ2) is 10.2. The van der Waals surface area contributed by atoms with Crippen molar-refractivity contribution in [2.24, 2.45) is 0 Å². The number of benzene rings is 1. The van der Waals surface area contributed by atoms with Crippen LogP contribution >= 0.6 is 11.8 Å². The van der Waals surface area contributed by atoms with E-state index in [1.165, 1.54) is 42.2 Å². The number of hydrogen-bond donors (Lipinski definition) is 1. The van der Waals surface area contributed by atoms with Crippen LogP contribution in [0.5, 0.6) is 0 Å². The third-order valence-corrected chi connectivity index (χ3v) is 7.76.